The van der Waals surface area contributed by atoms with Crippen LogP contribution in [-0.4, -0.2) is 48.9 Å². The maximum atomic E-state index is 12.4. The number of hydrogen-bond acceptors (Lipinski definition) is 6. The average Bonchev–Trinajstić information content (AvgIpc) is 2.72. The molecule has 10 heteroatoms. The third kappa shape index (κ3) is 4.34. The number of fused-ring (bicyclic) bond motifs is 1. The quantitative estimate of drug-likeness (QED) is 0.443. The second-order valence-corrected chi connectivity index (χ2v) is 8.89. The van der Waals surface area contributed by atoms with E-state index in [4.69, 9.17) is 4.74 Å². The van der Waals surface area contributed by atoms with E-state index in [-0.39, 0.29) is 30.0 Å². The van der Waals surface area contributed by atoms with Crippen molar-refractivity contribution in [2.24, 2.45) is 0 Å². The number of carbonyl (C=O) groups excluding carboxylic acids is 1. The third-order valence-electron chi connectivity index (χ3n) is 4.52. The summed E-state index contributed by atoms with van der Waals surface area (Å²) in [5, 5.41) is 0.405. The molecule has 0 atom stereocenters. The lowest BCUT2D eigenvalue weighted by Gasteiger charge is -2.11. The Bertz CT molecular complexity index is 1290. The Hall–Kier alpha value is -3.24. The largest absolute Gasteiger partial charge is 0.462 e. The van der Waals surface area contributed by atoms with Crippen molar-refractivity contribution < 1.29 is 17.9 Å². The SMILES string of the molecule is CN(C)S(=O)(=O)c1ccc(C(=O)OCCCn2c(=O)[nH]c3ccccc3c2=O)cc1. The third-order valence-corrected chi connectivity index (χ3v) is 6.35. The van der Waals surface area contributed by atoms with Crippen LogP contribution in [0.4, 0.5) is 0 Å². The lowest BCUT2D eigenvalue weighted by Crippen LogP contribution is -2.35. The summed E-state index contributed by atoms with van der Waals surface area (Å²) >= 11 is 0. The smallest absolute Gasteiger partial charge is 0.338 e. The van der Waals surface area contributed by atoms with Crippen LogP contribution in [-0.2, 0) is 21.3 Å². The first-order chi connectivity index (χ1) is 14.2. The van der Waals surface area contributed by atoms with E-state index in [1.165, 1.54) is 38.4 Å². The van der Waals surface area contributed by atoms with Gasteiger partial charge in [0.25, 0.3) is 5.56 Å². The predicted octanol–water partition coefficient (Wildman–Crippen LogP) is 1.19. The van der Waals surface area contributed by atoms with Crippen molar-refractivity contribution in [1.82, 2.24) is 13.9 Å². The molecule has 0 unspecified atom stereocenters. The van der Waals surface area contributed by atoms with Crippen molar-refractivity contribution in [3.8, 4) is 0 Å². The fraction of sp³-hybridized carbons (Fsp3) is 0.250. The first-order valence-electron chi connectivity index (χ1n) is 9.13. The zero-order valence-corrected chi connectivity index (χ0v) is 17.3. The zero-order chi connectivity index (χ0) is 21.9. The van der Waals surface area contributed by atoms with E-state index in [1.54, 1.807) is 24.3 Å². The number of rotatable bonds is 7. The molecule has 0 saturated heterocycles. The summed E-state index contributed by atoms with van der Waals surface area (Å²) in [4.78, 5) is 39.4. The highest BCUT2D eigenvalue weighted by Crippen LogP contribution is 2.14. The van der Waals surface area contributed by atoms with Crippen molar-refractivity contribution >= 4 is 26.9 Å². The molecule has 3 aromatic rings. The fourth-order valence-corrected chi connectivity index (χ4v) is 3.75. The van der Waals surface area contributed by atoms with Gasteiger partial charge < -0.3 is 9.72 Å². The van der Waals surface area contributed by atoms with Gasteiger partial charge in [0, 0.05) is 20.6 Å². The molecule has 0 bridgehead atoms. The normalized spacial score (nSPS) is 11.7. The van der Waals surface area contributed by atoms with E-state index in [0.717, 1.165) is 8.87 Å². The molecule has 2 aromatic carbocycles. The van der Waals surface area contributed by atoms with E-state index < -0.39 is 27.2 Å². The Balaban J connectivity index is 1.61. The van der Waals surface area contributed by atoms with Crippen LogP contribution in [0.2, 0.25) is 0 Å². The highest BCUT2D eigenvalue weighted by atomic mass is 32.2. The topological polar surface area (TPSA) is 119 Å². The van der Waals surface area contributed by atoms with Crippen molar-refractivity contribution in [3.63, 3.8) is 0 Å². The van der Waals surface area contributed by atoms with Gasteiger partial charge in [-0.05, 0) is 42.8 Å². The second kappa shape index (κ2) is 8.64. The molecule has 0 saturated carbocycles. The van der Waals surface area contributed by atoms with Gasteiger partial charge in [0.2, 0.25) is 10.0 Å². The second-order valence-electron chi connectivity index (χ2n) is 6.73. The van der Waals surface area contributed by atoms with E-state index in [9.17, 15) is 22.8 Å². The molecule has 0 amide bonds. The molecule has 1 aromatic heterocycles. The Morgan fingerprint density at radius 3 is 2.40 bits per heavy atom. The number of aromatic amines is 1. The number of benzene rings is 2. The summed E-state index contributed by atoms with van der Waals surface area (Å²) in [5.74, 6) is -0.622. The van der Waals surface area contributed by atoms with Gasteiger partial charge >= 0.3 is 11.7 Å². The minimum Gasteiger partial charge on any atom is -0.462 e. The Labute approximate surface area is 172 Å². The number of sulfonamides is 1. The van der Waals surface area contributed by atoms with Gasteiger partial charge in [-0.25, -0.2) is 22.3 Å². The van der Waals surface area contributed by atoms with E-state index in [1.807, 2.05) is 0 Å². The predicted molar refractivity (Wildman–Crippen MR) is 111 cm³/mol. The highest BCUT2D eigenvalue weighted by molar-refractivity contribution is 7.89. The number of hydrogen-bond donors (Lipinski definition) is 1. The molecule has 9 nitrogen and oxygen atoms in total. The number of aromatic nitrogens is 2. The molecule has 30 heavy (non-hydrogen) atoms. The highest BCUT2D eigenvalue weighted by Gasteiger charge is 2.18. The number of esters is 1. The summed E-state index contributed by atoms with van der Waals surface area (Å²) in [6.45, 7) is 0.0849. The summed E-state index contributed by atoms with van der Waals surface area (Å²) in [6.07, 6.45) is 0.264. The molecular weight excluding hydrogens is 410 g/mol. The van der Waals surface area contributed by atoms with Crippen LogP contribution in [0.5, 0.6) is 0 Å². The maximum Gasteiger partial charge on any atom is 0.338 e. The van der Waals surface area contributed by atoms with Gasteiger partial charge in [-0.1, -0.05) is 12.1 Å². The van der Waals surface area contributed by atoms with E-state index in [2.05, 4.69) is 4.98 Å². The van der Waals surface area contributed by atoms with E-state index >= 15 is 0 Å². The molecule has 0 radical (unpaired) electrons. The summed E-state index contributed by atoms with van der Waals surface area (Å²) in [7, 11) is -0.738. The Morgan fingerprint density at radius 1 is 1.07 bits per heavy atom. The summed E-state index contributed by atoms with van der Waals surface area (Å²) in [5.41, 5.74) is -0.260. The number of nitrogens with zero attached hydrogens (tertiary/aromatic N) is 2. The molecular formula is C20H21N3O6S. The molecule has 0 fully saturated rings. The average molecular weight is 431 g/mol. The molecule has 1 N–H and O–H groups in total. The van der Waals surface area contributed by atoms with Gasteiger partial charge in [-0.2, -0.15) is 0 Å². The Morgan fingerprint density at radius 2 is 1.73 bits per heavy atom. The van der Waals surface area contributed by atoms with E-state index in [0.29, 0.717) is 10.9 Å². The standard InChI is InChI=1S/C20H21N3O6S/c1-22(2)30(27,28)15-10-8-14(9-11-15)19(25)29-13-5-12-23-18(24)16-6-3-4-7-17(16)21-20(23)26/h3-4,6-11H,5,12-13H2,1-2H3,(H,21,26). The van der Waals surface area contributed by atoms with Crippen molar-refractivity contribution in [2.75, 3.05) is 20.7 Å². The number of para-hydroxylation sites is 1. The summed E-state index contributed by atoms with van der Waals surface area (Å²) < 4.78 is 31.4. The molecule has 3 rings (SSSR count). The molecule has 0 spiro atoms. The van der Waals surface area contributed by atoms with Gasteiger partial charge in [0.15, 0.2) is 0 Å². The molecule has 0 aliphatic heterocycles. The van der Waals surface area contributed by atoms with Crippen molar-refractivity contribution in [2.45, 2.75) is 17.9 Å². The van der Waals surface area contributed by atoms with Gasteiger partial charge in [-0.15, -0.1) is 0 Å². The Kier molecular flexibility index (Phi) is 6.18. The fourth-order valence-electron chi connectivity index (χ4n) is 2.85. The van der Waals surface area contributed by atoms with Crippen LogP contribution in [0.3, 0.4) is 0 Å². The van der Waals surface area contributed by atoms with Gasteiger partial charge in [-0.3, -0.25) is 9.36 Å². The number of carbonyl (C=O) groups is 1. The van der Waals surface area contributed by atoms with Crippen molar-refractivity contribution in [1.29, 1.82) is 0 Å². The lowest BCUT2D eigenvalue weighted by atomic mass is 10.2. The molecule has 1 heterocycles. The van der Waals surface area contributed by atoms with Crippen LogP contribution in [0, 0.1) is 0 Å². The van der Waals surface area contributed by atoms with Crippen LogP contribution in [0.15, 0.2) is 63.0 Å². The zero-order valence-electron chi connectivity index (χ0n) is 16.5. The maximum absolute atomic E-state index is 12.4. The first kappa shape index (κ1) is 21.5. The number of ether oxygens (including phenoxy) is 1. The lowest BCUT2D eigenvalue weighted by molar-refractivity contribution is 0.0495. The minimum absolute atomic E-state index is 0.00467. The minimum atomic E-state index is -3.58. The molecule has 0 aliphatic rings. The number of H-pyrrole nitrogens is 1. The molecule has 158 valence electrons. The number of nitrogens with one attached hydrogen (secondary N) is 1. The van der Waals surface area contributed by atoms with Crippen LogP contribution in [0.25, 0.3) is 10.9 Å². The van der Waals surface area contributed by atoms with Crippen LogP contribution < -0.4 is 11.2 Å². The van der Waals surface area contributed by atoms with Crippen molar-refractivity contribution in [3.05, 3.63) is 74.9 Å². The monoisotopic (exact) mass is 431 g/mol. The van der Waals surface area contributed by atoms with Gasteiger partial charge in [0.1, 0.15) is 0 Å². The first-order valence-corrected chi connectivity index (χ1v) is 10.6. The van der Waals surface area contributed by atoms with Crippen LogP contribution in [0.1, 0.15) is 16.8 Å². The summed E-state index contributed by atoms with van der Waals surface area (Å²) in [6, 6.07) is 12.1. The van der Waals surface area contributed by atoms with Crippen LogP contribution >= 0.6 is 0 Å². The van der Waals surface area contributed by atoms with Gasteiger partial charge in [0.05, 0.1) is 28.0 Å². The molecule has 0 aliphatic carbocycles.